The maximum Gasteiger partial charge on any atom is 0.586 e. The minimum atomic E-state index is -3.60. The summed E-state index contributed by atoms with van der Waals surface area (Å²) < 4.78 is 39.7. The number of rotatable bonds is 4. The zero-order valence-corrected chi connectivity index (χ0v) is 21.9. The second-order valence-electron chi connectivity index (χ2n) is 10.5. The summed E-state index contributed by atoms with van der Waals surface area (Å²) in [6.07, 6.45) is -2.08. The second kappa shape index (κ2) is 9.70. The van der Waals surface area contributed by atoms with E-state index in [-0.39, 0.29) is 23.3 Å². The molecule has 5 rings (SSSR count). The van der Waals surface area contributed by atoms with Crippen molar-refractivity contribution >= 4 is 17.6 Å². The van der Waals surface area contributed by atoms with Crippen LogP contribution < -0.4 is 15.2 Å². The Morgan fingerprint density at radius 2 is 1.68 bits per heavy atom. The van der Waals surface area contributed by atoms with Crippen LogP contribution in [-0.4, -0.2) is 28.6 Å². The van der Waals surface area contributed by atoms with Crippen molar-refractivity contribution < 1.29 is 32.6 Å². The van der Waals surface area contributed by atoms with Crippen LogP contribution in [0.5, 0.6) is 11.5 Å². The summed E-state index contributed by atoms with van der Waals surface area (Å²) in [7, 11) is 0. The minimum Gasteiger partial charge on any atom is -0.456 e. The molecule has 1 fully saturated rings. The van der Waals surface area contributed by atoms with Gasteiger partial charge in [-0.05, 0) is 88.9 Å². The van der Waals surface area contributed by atoms with E-state index in [0.717, 1.165) is 35.2 Å². The van der Waals surface area contributed by atoms with Gasteiger partial charge in [0.2, 0.25) is 0 Å². The van der Waals surface area contributed by atoms with Gasteiger partial charge in [-0.15, -0.1) is 8.78 Å². The molecule has 0 amide bonds. The maximum atomic E-state index is 12.8. The molecule has 3 aromatic rings. The number of benzene rings is 2. The van der Waals surface area contributed by atoms with Crippen LogP contribution in [0.4, 0.5) is 14.6 Å². The number of nitrogen functional groups attached to an aromatic ring is 1. The van der Waals surface area contributed by atoms with Crippen LogP contribution in [-0.2, 0) is 14.9 Å². The first-order chi connectivity index (χ1) is 17.7. The van der Waals surface area contributed by atoms with Crippen LogP contribution in [0.2, 0.25) is 0 Å². The molecule has 0 atom stereocenters. The molecule has 0 bridgehead atoms. The van der Waals surface area contributed by atoms with Crippen molar-refractivity contribution in [3.05, 3.63) is 71.3 Å². The van der Waals surface area contributed by atoms with E-state index in [1.165, 1.54) is 19.1 Å². The Kier molecular flexibility index (Phi) is 6.90. The summed E-state index contributed by atoms with van der Waals surface area (Å²) in [4.78, 5) is 28.0. The highest BCUT2D eigenvalue weighted by Crippen LogP contribution is 2.52. The van der Waals surface area contributed by atoms with E-state index >= 15 is 0 Å². The molecule has 0 radical (unpaired) electrons. The van der Waals surface area contributed by atoms with Crippen molar-refractivity contribution in [3.8, 4) is 22.8 Å². The Balaban J connectivity index is 0.000000180. The van der Waals surface area contributed by atoms with Gasteiger partial charge >= 0.3 is 12.3 Å². The average molecular weight is 525 g/mol. The van der Waals surface area contributed by atoms with Gasteiger partial charge in [0.1, 0.15) is 17.2 Å². The average Bonchev–Trinajstić information content (AvgIpc) is 3.57. The number of hydrogen-bond acceptors (Lipinski definition) is 7. The second-order valence-corrected chi connectivity index (χ2v) is 10.5. The molecule has 2 N–H and O–H groups in total. The molecular formula is C29H30F2N2O5. The molecule has 1 aromatic heterocycles. The minimum absolute atomic E-state index is 0.0000231. The monoisotopic (exact) mass is 524 g/mol. The number of carbonyl (C=O) groups excluding carboxylic acids is 2. The lowest BCUT2D eigenvalue weighted by atomic mass is 9.92. The fraction of sp³-hybridized carbons (Fsp3) is 0.345. The van der Waals surface area contributed by atoms with Crippen LogP contribution >= 0.6 is 0 Å². The summed E-state index contributed by atoms with van der Waals surface area (Å²) in [5.41, 5.74) is 8.60. The quantitative estimate of drug-likeness (QED) is 0.404. The van der Waals surface area contributed by atoms with Crippen molar-refractivity contribution in [2.24, 2.45) is 0 Å². The molecule has 0 unspecified atom stereocenters. The number of Topliss-reactive ketones (excluding diaryl/α,β-unsaturated/α-hetero) is 1. The molecule has 2 heterocycles. The summed E-state index contributed by atoms with van der Waals surface area (Å²) in [5, 5.41) is 0. The van der Waals surface area contributed by atoms with Crippen LogP contribution in [0, 0.1) is 6.92 Å². The van der Waals surface area contributed by atoms with E-state index in [2.05, 4.69) is 14.5 Å². The molecule has 2 aliphatic rings. The van der Waals surface area contributed by atoms with E-state index < -0.39 is 17.3 Å². The van der Waals surface area contributed by atoms with Crippen LogP contribution in [0.1, 0.15) is 62.0 Å². The Bertz CT molecular complexity index is 1390. The van der Waals surface area contributed by atoms with Gasteiger partial charge < -0.3 is 19.9 Å². The lowest BCUT2D eigenvalue weighted by molar-refractivity contribution is -0.286. The number of alkyl halides is 2. The number of hydrogen-bond donors (Lipinski definition) is 1. The number of pyridine rings is 1. The highest BCUT2D eigenvalue weighted by atomic mass is 19.3. The van der Waals surface area contributed by atoms with Gasteiger partial charge in [-0.2, -0.15) is 0 Å². The number of anilines is 1. The Hall–Kier alpha value is -4.01. The number of aryl methyl sites for hydroxylation is 1. The highest BCUT2D eigenvalue weighted by Gasteiger charge is 2.50. The maximum absolute atomic E-state index is 12.8. The molecule has 0 spiro atoms. The molecule has 1 aliphatic heterocycles. The number of carbonyl (C=O) groups is 2. The van der Waals surface area contributed by atoms with Gasteiger partial charge in [-0.3, -0.25) is 4.79 Å². The number of halogens is 2. The smallest absolute Gasteiger partial charge is 0.456 e. The number of esters is 1. The third-order valence-electron chi connectivity index (χ3n) is 6.27. The van der Waals surface area contributed by atoms with E-state index in [4.69, 9.17) is 10.5 Å². The summed E-state index contributed by atoms with van der Waals surface area (Å²) in [6, 6.07) is 15.5. The normalized spacial score (nSPS) is 16.2. The van der Waals surface area contributed by atoms with E-state index in [0.29, 0.717) is 11.4 Å². The lowest BCUT2D eigenvalue weighted by Crippen LogP contribution is -2.26. The van der Waals surface area contributed by atoms with Crippen molar-refractivity contribution in [2.45, 2.75) is 64.8 Å². The number of ether oxygens (including phenoxy) is 3. The van der Waals surface area contributed by atoms with Gasteiger partial charge in [0.15, 0.2) is 11.5 Å². The van der Waals surface area contributed by atoms with Gasteiger partial charge in [-0.1, -0.05) is 24.3 Å². The molecule has 1 saturated carbocycles. The highest BCUT2D eigenvalue weighted by molar-refractivity contribution is 5.92. The Morgan fingerprint density at radius 1 is 1.00 bits per heavy atom. The SMILES string of the molecule is CC(=O)C1(c2ccc3c(c2)OC(F)(F)O3)CC1.Cc1ccc(N)nc1-c1cccc(C(=O)OC(C)(C)C)c1. The summed E-state index contributed by atoms with van der Waals surface area (Å²) in [6.45, 7) is 9.02. The zero-order valence-electron chi connectivity index (χ0n) is 21.9. The molecule has 2 aromatic carbocycles. The topological polar surface area (TPSA) is 101 Å². The third-order valence-corrected chi connectivity index (χ3v) is 6.27. The van der Waals surface area contributed by atoms with Gasteiger partial charge in [0.25, 0.3) is 0 Å². The number of ketones is 1. The van der Waals surface area contributed by atoms with Crippen LogP contribution in [0.15, 0.2) is 54.6 Å². The molecular weight excluding hydrogens is 494 g/mol. The lowest BCUT2D eigenvalue weighted by Gasteiger charge is -2.19. The Morgan fingerprint density at radius 3 is 2.32 bits per heavy atom. The third kappa shape index (κ3) is 5.93. The zero-order chi connectivity index (χ0) is 27.9. The molecule has 1 aliphatic carbocycles. The van der Waals surface area contributed by atoms with E-state index in [9.17, 15) is 18.4 Å². The molecule has 38 heavy (non-hydrogen) atoms. The number of nitrogens with zero attached hydrogens (tertiary/aromatic N) is 1. The summed E-state index contributed by atoms with van der Waals surface area (Å²) >= 11 is 0. The first-order valence-corrected chi connectivity index (χ1v) is 12.2. The largest absolute Gasteiger partial charge is 0.586 e. The van der Waals surface area contributed by atoms with Crippen molar-refractivity contribution in [2.75, 3.05) is 5.73 Å². The van der Waals surface area contributed by atoms with Crippen LogP contribution in [0.3, 0.4) is 0 Å². The van der Waals surface area contributed by atoms with Gasteiger partial charge in [0.05, 0.1) is 16.7 Å². The fourth-order valence-corrected chi connectivity index (χ4v) is 4.18. The standard InChI is InChI=1S/C17H20N2O2.C12H10F2O3/c1-11-8-9-14(18)19-15(11)12-6-5-7-13(10-12)16(20)21-17(2,3)4;1-7(15)11(4-5-11)8-2-3-9-10(6-8)17-12(13,14)16-9/h5-10H,1-4H3,(H2,18,19);2-3,6H,4-5H2,1H3. The summed E-state index contributed by atoms with van der Waals surface area (Å²) in [5.74, 6) is 0.186. The predicted octanol–water partition coefficient (Wildman–Crippen LogP) is 6.22. The fourth-order valence-electron chi connectivity index (χ4n) is 4.18. The first-order valence-electron chi connectivity index (χ1n) is 12.2. The predicted molar refractivity (Wildman–Crippen MR) is 138 cm³/mol. The first kappa shape index (κ1) is 27.0. The molecule has 200 valence electrons. The van der Waals surface area contributed by atoms with Crippen molar-refractivity contribution in [3.63, 3.8) is 0 Å². The van der Waals surface area contributed by atoms with E-state index in [1.54, 1.807) is 24.3 Å². The molecule has 7 nitrogen and oxygen atoms in total. The van der Waals surface area contributed by atoms with Crippen molar-refractivity contribution in [1.29, 1.82) is 0 Å². The Labute approximate surface area is 219 Å². The molecule has 9 heteroatoms. The van der Waals surface area contributed by atoms with Crippen LogP contribution in [0.25, 0.3) is 11.3 Å². The van der Waals surface area contributed by atoms with E-state index in [1.807, 2.05) is 45.9 Å². The van der Waals surface area contributed by atoms with Crippen molar-refractivity contribution in [1.82, 2.24) is 4.98 Å². The number of aromatic nitrogens is 1. The number of fused-ring (bicyclic) bond motifs is 1. The van der Waals surface area contributed by atoms with Gasteiger partial charge in [0, 0.05) is 5.56 Å². The molecule has 0 saturated heterocycles. The van der Waals surface area contributed by atoms with Gasteiger partial charge in [-0.25, -0.2) is 9.78 Å². The number of nitrogens with two attached hydrogens (primary N) is 1.